The summed E-state index contributed by atoms with van der Waals surface area (Å²) in [6.07, 6.45) is 4.36. The van der Waals surface area contributed by atoms with Crippen LogP contribution in [0.4, 0.5) is 0 Å². The molecule has 0 fully saturated rings. The number of aromatic nitrogens is 1. The first-order chi connectivity index (χ1) is 13.1. The van der Waals surface area contributed by atoms with Crippen molar-refractivity contribution in [3.05, 3.63) is 59.3 Å². The second-order valence-electron chi connectivity index (χ2n) is 7.33. The van der Waals surface area contributed by atoms with Crippen LogP contribution in [0.15, 0.2) is 42.6 Å². The van der Waals surface area contributed by atoms with E-state index in [4.69, 9.17) is 4.74 Å². The molecule has 1 aliphatic rings. The largest absolute Gasteiger partial charge is 0.490 e. The molecule has 4 heteroatoms. The molecule has 0 radical (unpaired) electrons. The number of nitriles is 1. The normalized spacial score (nSPS) is 15.6. The second kappa shape index (κ2) is 7.17. The van der Waals surface area contributed by atoms with E-state index in [9.17, 15) is 5.26 Å². The van der Waals surface area contributed by atoms with Gasteiger partial charge in [0, 0.05) is 11.8 Å². The predicted molar refractivity (Wildman–Crippen MR) is 110 cm³/mol. The number of fused-ring (bicyclic) bond motifs is 1. The molecule has 0 spiro atoms. The zero-order valence-corrected chi connectivity index (χ0v) is 16.6. The molecule has 0 N–H and O–H groups in total. The van der Waals surface area contributed by atoms with Crippen molar-refractivity contribution in [2.45, 2.75) is 45.6 Å². The van der Waals surface area contributed by atoms with E-state index in [1.165, 1.54) is 28.0 Å². The van der Waals surface area contributed by atoms with Gasteiger partial charge in [-0.3, -0.25) is 0 Å². The average molecular weight is 375 g/mol. The van der Waals surface area contributed by atoms with E-state index in [0.717, 1.165) is 17.0 Å². The Morgan fingerprint density at radius 2 is 2.11 bits per heavy atom. The summed E-state index contributed by atoms with van der Waals surface area (Å²) in [5.74, 6) is 1.27. The van der Waals surface area contributed by atoms with Crippen molar-refractivity contribution in [1.29, 1.82) is 5.26 Å². The van der Waals surface area contributed by atoms with Crippen molar-refractivity contribution < 1.29 is 4.74 Å². The van der Waals surface area contributed by atoms with Crippen LogP contribution < -0.4 is 4.74 Å². The molecule has 4 rings (SSSR count). The minimum Gasteiger partial charge on any atom is -0.490 e. The number of hydrogen-bond acceptors (Lipinski definition) is 4. The Bertz CT molecular complexity index is 1030. The highest BCUT2D eigenvalue weighted by atomic mass is 32.1. The van der Waals surface area contributed by atoms with Crippen LogP contribution in [-0.4, -0.2) is 11.1 Å². The molecule has 1 aliphatic carbocycles. The lowest BCUT2D eigenvalue weighted by atomic mass is 9.99. The first-order valence-corrected chi connectivity index (χ1v) is 10.2. The lowest BCUT2D eigenvalue weighted by molar-refractivity contribution is 0.242. The van der Waals surface area contributed by atoms with Crippen LogP contribution >= 0.6 is 11.3 Å². The lowest BCUT2D eigenvalue weighted by Gasteiger charge is -2.11. The minimum absolute atomic E-state index is 0.0389. The maximum absolute atomic E-state index is 9.47. The summed E-state index contributed by atoms with van der Waals surface area (Å²) >= 11 is 1.68. The Hall–Kier alpha value is -2.64. The summed E-state index contributed by atoms with van der Waals surface area (Å²) in [5.41, 5.74) is 5.76. The lowest BCUT2D eigenvalue weighted by Crippen LogP contribution is -2.06. The summed E-state index contributed by atoms with van der Waals surface area (Å²) in [6, 6.07) is 14.6. The molecule has 27 heavy (non-hydrogen) atoms. The van der Waals surface area contributed by atoms with Crippen molar-refractivity contribution in [2.24, 2.45) is 0 Å². The highest BCUT2D eigenvalue weighted by molar-refractivity contribution is 7.18. The first-order valence-electron chi connectivity index (χ1n) is 9.36. The monoisotopic (exact) mass is 374 g/mol. The predicted octanol–water partition coefficient (Wildman–Crippen LogP) is 6.19. The molecule has 1 aromatic heterocycles. The minimum atomic E-state index is 0.0389. The van der Waals surface area contributed by atoms with Gasteiger partial charge in [0.25, 0.3) is 0 Å². The Balaban J connectivity index is 1.69. The molecule has 1 atom stereocenters. The standard InChI is InChI=1S/C23H22N2OS/c1-14(2)26-21-10-8-16(11-17(21)12-24)23-25-13-22(27-23)20-6-4-5-18-15(3)7-9-19(18)20/h4-6,8,10-11,13-15H,7,9H2,1-3H3/t15-/m1/s1. The van der Waals surface area contributed by atoms with Crippen molar-refractivity contribution in [3.8, 4) is 32.8 Å². The SMILES string of the molecule is CC(C)Oc1ccc(-c2ncc(-c3cccc4c3CC[C@H]4C)s2)cc1C#N. The number of nitrogens with zero attached hydrogens (tertiary/aromatic N) is 2. The van der Waals surface area contributed by atoms with E-state index in [-0.39, 0.29) is 6.10 Å². The van der Waals surface area contributed by atoms with Crippen LogP contribution in [0.3, 0.4) is 0 Å². The van der Waals surface area contributed by atoms with E-state index < -0.39 is 0 Å². The molecule has 0 aliphatic heterocycles. The molecular formula is C23H22N2OS. The van der Waals surface area contributed by atoms with Crippen molar-refractivity contribution >= 4 is 11.3 Å². The summed E-state index contributed by atoms with van der Waals surface area (Å²) in [5, 5.41) is 10.4. The van der Waals surface area contributed by atoms with Crippen LogP contribution in [0.1, 0.15) is 49.8 Å². The molecule has 136 valence electrons. The van der Waals surface area contributed by atoms with Gasteiger partial charge in [0.1, 0.15) is 16.8 Å². The Labute approximate surface area is 164 Å². The van der Waals surface area contributed by atoms with Gasteiger partial charge in [-0.05, 0) is 67.5 Å². The third kappa shape index (κ3) is 3.36. The fraction of sp³-hybridized carbons (Fsp3) is 0.304. The maximum atomic E-state index is 9.47. The summed E-state index contributed by atoms with van der Waals surface area (Å²) in [6.45, 7) is 6.22. The van der Waals surface area contributed by atoms with E-state index in [2.05, 4.69) is 36.2 Å². The van der Waals surface area contributed by atoms with Gasteiger partial charge in [-0.15, -0.1) is 11.3 Å². The van der Waals surface area contributed by atoms with Crippen molar-refractivity contribution in [2.75, 3.05) is 0 Å². The van der Waals surface area contributed by atoms with Gasteiger partial charge in [0.2, 0.25) is 0 Å². The second-order valence-corrected chi connectivity index (χ2v) is 8.36. The molecule has 0 bridgehead atoms. The molecule has 1 heterocycles. The maximum Gasteiger partial charge on any atom is 0.137 e. The first kappa shape index (κ1) is 17.8. The van der Waals surface area contributed by atoms with Crippen LogP contribution in [0.25, 0.3) is 21.0 Å². The van der Waals surface area contributed by atoms with Crippen LogP contribution in [0.2, 0.25) is 0 Å². The third-order valence-electron chi connectivity index (χ3n) is 5.05. The zero-order valence-electron chi connectivity index (χ0n) is 15.8. The molecule has 0 amide bonds. The molecule has 0 unspecified atom stereocenters. The van der Waals surface area contributed by atoms with Crippen LogP contribution in [-0.2, 0) is 6.42 Å². The average Bonchev–Trinajstić information content (AvgIpc) is 3.29. The number of hydrogen-bond donors (Lipinski definition) is 0. The molecule has 3 nitrogen and oxygen atoms in total. The molecule has 3 aromatic rings. The van der Waals surface area contributed by atoms with Gasteiger partial charge in [0.05, 0.1) is 16.5 Å². The number of ether oxygens (including phenoxy) is 1. The highest BCUT2D eigenvalue weighted by Crippen LogP contribution is 2.41. The molecule has 0 saturated heterocycles. The van der Waals surface area contributed by atoms with Gasteiger partial charge in [-0.1, -0.05) is 25.1 Å². The Morgan fingerprint density at radius 3 is 2.89 bits per heavy atom. The molecular weight excluding hydrogens is 352 g/mol. The quantitative estimate of drug-likeness (QED) is 0.547. The molecule has 0 saturated carbocycles. The van der Waals surface area contributed by atoms with Gasteiger partial charge < -0.3 is 4.74 Å². The van der Waals surface area contributed by atoms with Gasteiger partial charge in [-0.25, -0.2) is 4.98 Å². The zero-order chi connectivity index (χ0) is 19.0. The van der Waals surface area contributed by atoms with E-state index in [1.54, 1.807) is 11.3 Å². The van der Waals surface area contributed by atoms with Crippen molar-refractivity contribution in [3.63, 3.8) is 0 Å². The number of rotatable bonds is 4. The smallest absolute Gasteiger partial charge is 0.137 e. The van der Waals surface area contributed by atoms with Gasteiger partial charge >= 0.3 is 0 Å². The van der Waals surface area contributed by atoms with Crippen molar-refractivity contribution in [1.82, 2.24) is 4.98 Å². The van der Waals surface area contributed by atoms with E-state index in [1.807, 2.05) is 38.2 Å². The summed E-state index contributed by atoms with van der Waals surface area (Å²) < 4.78 is 5.72. The Kier molecular flexibility index (Phi) is 4.72. The third-order valence-corrected chi connectivity index (χ3v) is 6.13. The fourth-order valence-electron chi connectivity index (χ4n) is 3.73. The fourth-order valence-corrected chi connectivity index (χ4v) is 4.70. The summed E-state index contributed by atoms with van der Waals surface area (Å²) in [4.78, 5) is 5.83. The summed E-state index contributed by atoms with van der Waals surface area (Å²) in [7, 11) is 0. The van der Waals surface area contributed by atoms with E-state index >= 15 is 0 Å². The van der Waals surface area contributed by atoms with Crippen LogP contribution in [0, 0.1) is 11.3 Å². The van der Waals surface area contributed by atoms with Crippen LogP contribution in [0.5, 0.6) is 5.75 Å². The van der Waals surface area contributed by atoms with Gasteiger partial charge in [-0.2, -0.15) is 5.26 Å². The van der Waals surface area contributed by atoms with Gasteiger partial charge in [0.15, 0.2) is 0 Å². The van der Waals surface area contributed by atoms with E-state index in [0.29, 0.717) is 17.2 Å². The highest BCUT2D eigenvalue weighted by Gasteiger charge is 2.22. The number of thiazole rings is 1. The number of benzene rings is 2. The topological polar surface area (TPSA) is 45.9 Å². The Morgan fingerprint density at radius 1 is 1.26 bits per heavy atom. The molecule has 2 aromatic carbocycles.